The fourth-order valence-corrected chi connectivity index (χ4v) is 3.01. The highest BCUT2D eigenvalue weighted by Gasteiger charge is 2.12. The number of hydrogen-bond donors (Lipinski definition) is 1. The third-order valence-electron chi connectivity index (χ3n) is 4.35. The molecule has 0 amide bonds. The van der Waals surface area contributed by atoms with Crippen molar-refractivity contribution < 1.29 is 4.52 Å². The maximum Gasteiger partial charge on any atom is 0.240 e. The van der Waals surface area contributed by atoms with Crippen LogP contribution in [-0.4, -0.2) is 10.1 Å². The van der Waals surface area contributed by atoms with Crippen LogP contribution in [0.2, 0.25) is 0 Å². The zero-order chi connectivity index (χ0) is 17.1. The molecule has 1 N–H and O–H groups in total. The van der Waals surface area contributed by atoms with Crippen molar-refractivity contribution in [2.75, 3.05) is 0 Å². The zero-order valence-corrected chi connectivity index (χ0v) is 14.0. The molecule has 0 saturated heterocycles. The molecule has 1 heterocycles. The first-order valence-electron chi connectivity index (χ1n) is 8.40. The Hall–Kier alpha value is -2.98. The van der Waals surface area contributed by atoms with Crippen LogP contribution in [0.25, 0.3) is 22.2 Å². The quantitative estimate of drug-likeness (QED) is 0.574. The third-order valence-corrected chi connectivity index (χ3v) is 4.35. The van der Waals surface area contributed by atoms with Crippen LogP contribution in [0.5, 0.6) is 0 Å². The minimum atomic E-state index is 0.179. The largest absolute Gasteiger partial charge is 0.338 e. The van der Waals surface area contributed by atoms with Crippen molar-refractivity contribution in [2.45, 2.75) is 19.5 Å². The van der Waals surface area contributed by atoms with Gasteiger partial charge >= 0.3 is 0 Å². The van der Waals surface area contributed by atoms with Crippen LogP contribution in [0.3, 0.4) is 0 Å². The summed E-state index contributed by atoms with van der Waals surface area (Å²) in [5, 5.41) is 10.0. The smallest absolute Gasteiger partial charge is 0.240 e. The summed E-state index contributed by atoms with van der Waals surface area (Å²) < 4.78 is 5.37. The van der Waals surface area contributed by atoms with E-state index in [2.05, 4.69) is 64.8 Å². The van der Waals surface area contributed by atoms with E-state index >= 15 is 0 Å². The molecule has 0 fully saturated rings. The molecule has 0 spiro atoms. The lowest BCUT2D eigenvalue weighted by Gasteiger charge is -2.15. The number of nitrogens with one attached hydrogen (secondary N) is 1. The molecule has 0 saturated carbocycles. The number of rotatable bonds is 5. The van der Waals surface area contributed by atoms with Crippen LogP contribution < -0.4 is 5.32 Å². The van der Waals surface area contributed by atoms with Crippen molar-refractivity contribution in [3.63, 3.8) is 0 Å². The van der Waals surface area contributed by atoms with E-state index in [0.29, 0.717) is 18.3 Å². The predicted octanol–water partition coefficient (Wildman–Crippen LogP) is 4.74. The van der Waals surface area contributed by atoms with Gasteiger partial charge in [0.2, 0.25) is 11.7 Å². The number of hydrogen-bond acceptors (Lipinski definition) is 4. The second-order valence-electron chi connectivity index (χ2n) is 6.05. The van der Waals surface area contributed by atoms with E-state index in [-0.39, 0.29) is 6.04 Å². The topological polar surface area (TPSA) is 51.0 Å². The van der Waals surface area contributed by atoms with Crippen molar-refractivity contribution in [2.24, 2.45) is 0 Å². The third kappa shape index (κ3) is 3.30. The van der Waals surface area contributed by atoms with E-state index < -0.39 is 0 Å². The van der Waals surface area contributed by atoms with Crippen molar-refractivity contribution >= 4 is 10.8 Å². The fourth-order valence-electron chi connectivity index (χ4n) is 3.01. The maximum absolute atomic E-state index is 5.37. The molecular weight excluding hydrogens is 310 g/mol. The van der Waals surface area contributed by atoms with Gasteiger partial charge in [-0.1, -0.05) is 78.0 Å². The minimum Gasteiger partial charge on any atom is -0.338 e. The molecule has 0 unspecified atom stereocenters. The molecule has 0 bridgehead atoms. The average Bonchev–Trinajstić information content (AvgIpc) is 3.15. The molecule has 0 aliphatic carbocycles. The molecule has 4 aromatic rings. The van der Waals surface area contributed by atoms with E-state index in [1.165, 1.54) is 16.3 Å². The van der Waals surface area contributed by atoms with Crippen molar-refractivity contribution in [3.05, 3.63) is 84.3 Å². The van der Waals surface area contributed by atoms with Crippen LogP contribution in [0, 0.1) is 0 Å². The summed E-state index contributed by atoms with van der Waals surface area (Å²) in [7, 11) is 0. The summed E-state index contributed by atoms with van der Waals surface area (Å²) in [6, 6.07) is 24.8. The molecule has 124 valence electrons. The number of fused-ring (bicyclic) bond motifs is 1. The van der Waals surface area contributed by atoms with Gasteiger partial charge in [-0.05, 0) is 23.3 Å². The molecule has 25 heavy (non-hydrogen) atoms. The van der Waals surface area contributed by atoms with Crippen LogP contribution in [-0.2, 0) is 6.54 Å². The Morgan fingerprint density at radius 1 is 0.920 bits per heavy atom. The second-order valence-corrected chi connectivity index (χ2v) is 6.05. The van der Waals surface area contributed by atoms with E-state index in [0.717, 1.165) is 5.56 Å². The van der Waals surface area contributed by atoms with Gasteiger partial charge in [0.1, 0.15) is 0 Å². The number of benzene rings is 3. The molecule has 4 heteroatoms. The zero-order valence-electron chi connectivity index (χ0n) is 14.0. The second kappa shape index (κ2) is 6.87. The Morgan fingerprint density at radius 3 is 2.56 bits per heavy atom. The summed E-state index contributed by atoms with van der Waals surface area (Å²) in [5.41, 5.74) is 2.22. The highest BCUT2D eigenvalue weighted by atomic mass is 16.5. The number of aromatic nitrogens is 2. The van der Waals surface area contributed by atoms with Crippen LogP contribution in [0.1, 0.15) is 24.4 Å². The average molecular weight is 329 g/mol. The van der Waals surface area contributed by atoms with Gasteiger partial charge in [0.15, 0.2) is 0 Å². The van der Waals surface area contributed by atoms with Crippen LogP contribution >= 0.6 is 0 Å². The molecule has 0 aliphatic heterocycles. The van der Waals surface area contributed by atoms with Crippen molar-refractivity contribution in [3.8, 4) is 11.4 Å². The fraction of sp³-hybridized carbons (Fsp3) is 0.143. The van der Waals surface area contributed by atoms with Crippen LogP contribution in [0.4, 0.5) is 0 Å². The molecular formula is C21H19N3O. The minimum absolute atomic E-state index is 0.179. The summed E-state index contributed by atoms with van der Waals surface area (Å²) >= 11 is 0. The SMILES string of the molecule is C[C@H](NCc1nc(-c2ccccc2)no1)c1cccc2ccccc12. The first-order chi connectivity index (χ1) is 12.3. The lowest BCUT2D eigenvalue weighted by atomic mass is 10.00. The summed E-state index contributed by atoms with van der Waals surface area (Å²) in [6.07, 6.45) is 0. The maximum atomic E-state index is 5.37. The lowest BCUT2D eigenvalue weighted by Crippen LogP contribution is -2.18. The molecule has 1 aromatic heterocycles. The summed E-state index contributed by atoms with van der Waals surface area (Å²) in [4.78, 5) is 4.47. The molecule has 0 aliphatic rings. The molecule has 1 atom stereocenters. The van der Waals surface area contributed by atoms with Gasteiger partial charge in [-0.15, -0.1) is 0 Å². The highest BCUT2D eigenvalue weighted by Crippen LogP contribution is 2.24. The Balaban J connectivity index is 1.49. The van der Waals surface area contributed by atoms with Crippen LogP contribution in [0.15, 0.2) is 77.3 Å². The van der Waals surface area contributed by atoms with E-state index in [1.807, 2.05) is 30.3 Å². The first kappa shape index (κ1) is 15.5. The van der Waals surface area contributed by atoms with Gasteiger partial charge in [0.25, 0.3) is 0 Å². The monoisotopic (exact) mass is 329 g/mol. The number of nitrogens with zero attached hydrogens (tertiary/aromatic N) is 2. The Labute approximate surface area is 146 Å². The highest BCUT2D eigenvalue weighted by molar-refractivity contribution is 5.86. The summed E-state index contributed by atoms with van der Waals surface area (Å²) in [5.74, 6) is 1.21. The van der Waals surface area contributed by atoms with Gasteiger partial charge < -0.3 is 9.84 Å². The first-order valence-corrected chi connectivity index (χ1v) is 8.40. The van der Waals surface area contributed by atoms with Gasteiger partial charge in [-0.25, -0.2) is 0 Å². The Kier molecular flexibility index (Phi) is 4.27. The summed E-state index contributed by atoms with van der Waals surface area (Å²) in [6.45, 7) is 2.68. The molecule has 4 nitrogen and oxygen atoms in total. The molecule has 4 rings (SSSR count). The van der Waals surface area contributed by atoms with E-state index in [4.69, 9.17) is 4.52 Å². The van der Waals surface area contributed by atoms with Gasteiger partial charge in [0.05, 0.1) is 6.54 Å². The molecule has 3 aromatic carbocycles. The Morgan fingerprint density at radius 2 is 1.68 bits per heavy atom. The standard InChI is InChI=1S/C21H19N3O/c1-15(18-13-7-11-16-8-5-6-12-19(16)18)22-14-20-23-21(24-25-20)17-9-3-2-4-10-17/h2-13,15,22H,14H2,1H3/t15-/m0/s1. The lowest BCUT2D eigenvalue weighted by molar-refractivity contribution is 0.361. The van der Waals surface area contributed by atoms with Gasteiger partial charge in [0, 0.05) is 11.6 Å². The van der Waals surface area contributed by atoms with Crippen molar-refractivity contribution in [1.82, 2.24) is 15.5 Å². The van der Waals surface area contributed by atoms with Crippen molar-refractivity contribution in [1.29, 1.82) is 0 Å². The van der Waals surface area contributed by atoms with E-state index in [9.17, 15) is 0 Å². The Bertz CT molecular complexity index is 973. The van der Waals surface area contributed by atoms with Gasteiger partial charge in [-0.3, -0.25) is 0 Å². The van der Waals surface area contributed by atoms with E-state index in [1.54, 1.807) is 0 Å². The normalized spacial score (nSPS) is 12.4. The van der Waals surface area contributed by atoms with Gasteiger partial charge in [-0.2, -0.15) is 4.98 Å². The molecule has 0 radical (unpaired) electrons. The predicted molar refractivity (Wildman–Crippen MR) is 98.9 cm³/mol.